The van der Waals surface area contributed by atoms with Crippen LogP contribution in [0.1, 0.15) is 52.4 Å². The van der Waals surface area contributed by atoms with E-state index < -0.39 is 17.7 Å². The largest absolute Gasteiger partial charge is 0.444 e. The number of piperidine rings is 1. The lowest BCUT2D eigenvalue weighted by Gasteiger charge is -2.35. The van der Waals surface area contributed by atoms with Gasteiger partial charge in [-0.15, -0.1) is 0 Å². The van der Waals surface area contributed by atoms with E-state index in [4.69, 9.17) is 9.47 Å². The molecule has 0 aromatic carbocycles. The molecule has 1 N–H and O–H groups in total. The van der Waals surface area contributed by atoms with E-state index in [2.05, 4.69) is 15.4 Å². The number of amides is 3. The standard InChI is InChI=1S/C20H32N6O5/c1-14(27)22-15-6-5-7-24(10-15)17(28)11-25-13-21-18(23-25)16-12-30-9-8-26(16)19(29)31-20(2,3)4/h13,15-16H,5-12H2,1-4H3,(H,22,27). The normalized spacial score (nSPS) is 22.2. The fourth-order valence-corrected chi connectivity index (χ4v) is 3.74. The van der Waals surface area contributed by atoms with E-state index in [0.29, 0.717) is 32.1 Å². The second kappa shape index (κ2) is 9.63. The highest BCUT2D eigenvalue weighted by molar-refractivity contribution is 5.76. The van der Waals surface area contributed by atoms with Crippen LogP contribution >= 0.6 is 0 Å². The van der Waals surface area contributed by atoms with Crippen molar-refractivity contribution < 1.29 is 23.9 Å². The summed E-state index contributed by atoms with van der Waals surface area (Å²) in [6.45, 7) is 9.17. The van der Waals surface area contributed by atoms with Crippen LogP contribution < -0.4 is 5.32 Å². The first-order chi connectivity index (χ1) is 14.6. The van der Waals surface area contributed by atoms with Gasteiger partial charge in [0.05, 0.1) is 13.2 Å². The van der Waals surface area contributed by atoms with E-state index in [1.807, 2.05) is 20.8 Å². The summed E-state index contributed by atoms with van der Waals surface area (Å²) in [6.07, 6.45) is 2.75. The van der Waals surface area contributed by atoms with Gasteiger partial charge in [0.25, 0.3) is 0 Å². The maximum atomic E-state index is 12.7. The van der Waals surface area contributed by atoms with Gasteiger partial charge in [-0.2, -0.15) is 5.10 Å². The van der Waals surface area contributed by atoms with E-state index in [9.17, 15) is 14.4 Å². The van der Waals surface area contributed by atoms with Crippen molar-refractivity contribution in [3.8, 4) is 0 Å². The minimum absolute atomic E-state index is 0.0247. The summed E-state index contributed by atoms with van der Waals surface area (Å²) in [6, 6.07) is -0.498. The summed E-state index contributed by atoms with van der Waals surface area (Å²) in [5.41, 5.74) is -0.608. The molecule has 3 heterocycles. The second-order valence-corrected chi connectivity index (χ2v) is 8.94. The number of hydrogen-bond acceptors (Lipinski definition) is 7. The first-order valence-electron chi connectivity index (χ1n) is 10.6. The van der Waals surface area contributed by atoms with Gasteiger partial charge in [-0.05, 0) is 33.6 Å². The van der Waals surface area contributed by atoms with Gasteiger partial charge < -0.3 is 19.7 Å². The maximum absolute atomic E-state index is 12.7. The average molecular weight is 437 g/mol. The number of morpholine rings is 1. The van der Waals surface area contributed by atoms with Crippen LogP contribution in [0, 0.1) is 0 Å². The molecule has 11 nitrogen and oxygen atoms in total. The molecule has 11 heteroatoms. The molecule has 0 saturated carbocycles. The number of nitrogens with one attached hydrogen (secondary N) is 1. The lowest BCUT2D eigenvalue weighted by atomic mass is 10.1. The molecule has 0 spiro atoms. The van der Waals surface area contributed by atoms with Crippen LogP contribution in [0.4, 0.5) is 4.79 Å². The van der Waals surface area contributed by atoms with Gasteiger partial charge in [0.2, 0.25) is 11.8 Å². The number of ether oxygens (including phenoxy) is 2. The first kappa shape index (κ1) is 23.0. The number of hydrogen-bond donors (Lipinski definition) is 1. The molecule has 1 aromatic rings. The Bertz CT molecular complexity index is 804. The van der Waals surface area contributed by atoms with E-state index in [1.165, 1.54) is 17.9 Å². The average Bonchev–Trinajstić information content (AvgIpc) is 3.14. The third-order valence-corrected chi connectivity index (χ3v) is 5.09. The number of rotatable bonds is 4. The van der Waals surface area contributed by atoms with Crippen LogP contribution in [0.2, 0.25) is 0 Å². The molecular formula is C20H32N6O5. The highest BCUT2D eigenvalue weighted by atomic mass is 16.6. The van der Waals surface area contributed by atoms with E-state index in [0.717, 1.165) is 12.8 Å². The summed E-state index contributed by atoms with van der Waals surface area (Å²) in [4.78, 5) is 44.2. The molecule has 2 atom stereocenters. The summed E-state index contributed by atoms with van der Waals surface area (Å²) in [5, 5.41) is 7.30. The first-order valence-corrected chi connectivity index (χ1v) is 10.6. The molecule has 2 unspecified atom stereocenters. The zero-order valence-corrected chi connectivity index (χ0v) is 18.7. The Morgan fingerprint density at radius 2 is 2.06 bits per heavy atom. The number of aromatic nitrogens is 3. The number of carbonyl (C=O) groups is 3. The van der Waals surface area contributed by atoms with Crippen molar-refractivity contribution in [2.24, 2.45) is 0 Å². The van der Waals surface area contributed by atoms with Crippen molar-refractivity contribution in [3.05, 3.63) is 12.2 Å². The number of likely N-dealkylation sites (tertiary alicyclic amines) is 1. The van der Waals surface area contributed by atoms with Crippen LogP contribution in [0.25, 0.3) is 0 Å². The molecule has 3 amide bonds. The Morgan fingerprint density at radius 1 is 1.29 bits per heavy atom. The molecule has 31 heavy (non-hydrogen) atoms. The smallest absolute Gasteiger partial charge is 0.411 e. The Labute approximate surface area is 182 Å². The van der Waals surface area contributed by atoms with E-state index in [-0.39, 0.29) is 31.0 Å². The molecule has 3 rings (SSSR count). The fourth-order valence-electron chi connectivity index (χ4n) is 3.74. The molecule has 2 aliphatic heterocycles. The highest BCUT2D eigenvalue weighted by Gasteiger charge is 2.34. The van der Waals surface area contributed by atoms with E-state index in [1.54, 1.807) is 9.80 Å². The third kappa shape index (κ3) is 6.39. The summed E-state index contributed by atoms with van der Waals surface area (Å²) in [5.74, 6) is 0.230. The fraction of sp³-hybridized carbons (Fsp3) is 0.750. The van der Waals surface area contributed by atoms with E-state index >= 15 is 0 Å². The van der Waals surface area contributed by atoms with Gasteiger partial charge in [0, 0.05) is 32.6 Å². The van der Waals surface area contributed by atoms with Gasteiger partial charge in [0.15, 0.2) is 5.82 Å². The Hall–Kier alpha value is -2.69. The Morgan fingerprint density at radius 3 is 2.77 bits per heavy atom. The molecule has 2 fully saturated rings. The molecular weight excluding hydrogens is 404 g/mol. The minimum atomic E-state index is -0.608. The van der Waals surface area contributed by atoms with Crippen molar-refractivity contribution in [1.29, 1.82) is 0 Å². The number of nitrogens with zero attached hydrogens (tertiary/aromatic N) is 5. The summed E-state index contributed by atoms with van der Waals surface area (Å²) < 4.78 is 12.5. The second-order valence-electron chi connectivity index (χ2n) is 8.94. The highest BCUT2D eigenvalue weighted by Crippen LogP contribution is 2.24. The SMILES string of the molecule is CC(=O)NC1CCCN(C(=O)Cn2cnc(C3COCCN3C(=O)OC(C)(C)C)n2)C1. The van der Waals surface area contributed by atoms with Crippen LogP contribution in [-0.4, -0.2) is 87.0 Å². The predicted octanol–water partition coefficient (Wildman–Crippen LogP) is 0.714. The van der Waals surface area contributed by atoms with Crippen LogP contribution in [-0.2, 0) is 25.6 Å². The zero-order valence-electron chi connectivity index (χ0n) is 18.7. The predicted molar refractivity (Wildman–Crippen MR) is 110 cm³/mol. The quantitative estimate of drug-likeness (QED) is 0.738. The molecule has 2 aliphatic rings. The van der Waals surface area contributed by atoms with Crippen molar-refractivity contribution >= 4 is 17.9 Å². The van der Waals surface area contributed by atoms with Crippen LogP contribution in [0.15, 0.2) is 6.33 Å². The van der Waals surface area contributed by atoms with Crippen LogP contribution in [0.5, 0.6) is 0 Å². The summed E-state index contributed by atoms with van der Waals surface area (Å²) in [7, 11) is 0. The van der Waals surface area contributed by atoms with Crippen molar-refractivity contribution in [2.75, 3.05) is 32.8 Å². The lowest BCUT2D eigenvalue weighted by molar-refractivity contribution is -0.134. The molecule has 1 aromatic heterocycles. The van der Waals surface area contributed by atoms with Gasteiger partial charge in [-0.1, -0.05) is 0 Å². The molecule has 2 saturated heterocycles. The minimum Gasteiger partial charge on any atom is -0.444 e. The van der Waals surface area contributed by atoms with Crippen LogP contribution in [0.3, 0.4) is 0 Å². The van der Waals surface area contributed by atoms with Gasteiger partial charge in [-0.3, -0.25) is 14.5 Å². The topological polar surface area (TPSA) is 119 Å². The molecule has 0 bridgehead atoms. The van der Waals surface area contributed by atoms with Crippen molar-refractivity contribution in [1.82, 2.24) is 29.9 Å². The van der Waals surface area contributed by atoms with Gasteiger partial charge in [0.1, 0.15) is 24.5 Å². The Balaban J connectivity index is 1.62. The lowest BCUT2D eigenvalue weighted by Crippen LogP contribution is -2.50. The molecule has 0 radical (unpaired) electrons. The molecule has 172 valence electrons. The maximum Gasteiger partial charge on any atom is 0.411 e. The molecule has 0 aliphatic carbocycles. The summed E-state index contributed by atoms with van der Waals surface area (Å²) >= 11 is 0. The Kier molecular flexibility index (Phi) is 7.14. The van der Waals surface area contributed by atoms with Crippen molar-refractivity contribution in [3.63, 3.8) is 0 Å². The van der Waals surface area contributed by atoms with Crippen molar-refractivity contribution in [2.45, 2.75) is 64.8 Å². The third-order valence-electron chi connectivity index (χ3n) is 5.09. The van der Waals surface area contributed by atoms with Gasteiger partial charge in [-0.25, -0.2) is 14.5 Å². The number of carbonyl (C=O) groups excluding carboxylic acids is 3. The zero-order chi connectivity index (χ0) is 22.6. The van der Waals surface area contributed by atoms with Gasteiger partial charge >= 0.3 is 6.09 Å². The monoisotopic (exact) mass is 436 g/mol.